The van der Waals surface area contributed by atoms with E-state index in [9.17, 15) is 14.3 Å². The Morgan fingerprint density at radius 1 is 0.944 bits per heavy atom. The van der Waals surface area contributed by atoms with Gasteiger partial charge in [0.25, 0.3) is 5.91 Å². The van der Waals surface area contributed by atoms with E-state index in [1.165, 1.54) is 18.3 Å². The second-order valence-corrected chi connectivity index (χ2v) is 8.66. The molecule has 8 heteroatoms. The van der Waals surface area contributed by atoms with Crippen molar-refractivity contribution in [3.63, 3.8) is 0 Å². The third-order valence-electron chi connectivity index (χ3n) is 5.49. The molecule has 0 atom stereocenters. The Morgan fingerprint density at radius 2 is 1.58 bits per heavy atom. The Morgan fingerprint density at radius 3 is 2.19 bits per heavy atom. The van der Waals surface area contributed by atoms with Crippen LogP contribution in [0, 0.1) is 5.82 Å². The van der Waals surface area contributed by atoms with Crippen LogP contribution in [0.15, 0.2) is 102 Å². The van der Waals surface area contributed by atoms with Crippen LogP contribution in [-0.2, 0) is 17.0 Å². The van der Waals surface area contributed by atoms with Gasteiger partial charge < -0.3 is 9.84 Å². The van der Waals surface area contributed by atoms with Gasteiger partial charge in [0.05, 0.1) is 11.2 Å². The maximum Gasteiger partial charge on any atom is 0.281 e. The van der Waals surface area contributed by atoms with Gasteiger partial charge in [0, 0.05) is 16.1 Å². The molecule has 0 aliphatic rings. The normalized spacial score (nSPS) is 11.4. The van der Waals surface area contributed by atoms with Gasteiger partial charge >= 0.3 is 0 Å². The number of halogens is 3. The van der Waals surface area contributed by atoms with Crippen molar-refractivity contribution in [2.75, 3.05) is 0 Å². The highest BCUT2D eigenvalue weighted by Gasteiger charge is 2.39. The van der Waals surface area contributed by atoms with Gasteiger partial charge in [0.2, 0.25) is 0 Å². The summed E-state index contributed by atoms with van der Waals surface area (Å²) in [6.07, 6.45) is 1.33. The first kappa shape index (κ1) is 25.4. The first-order valence-corrected chi connectivity index (χ1v) is 11.7. The van der Waals surface area contributed by atoms with Gasteiger partial charge in [-0.05, 0) is 41.5 Å². The van der Waals surface area contributed by atoms with E-state index >= 15 is 0 Å². The second-order valence-electron chi connectivity index (χ2n) is 7.81. The van der Waals surface area contributed by atoms with E-state index in [4.69, 9.17) is 27.9 Å². The van der Waals surface area contributed by atoms with Crippen LogP contribution in [0.4, 0.5) is 4.39 Å². The molecule has 4 aromatic rings. The maximum absolute atomic E-state index is 14.1. The number of hydrogen-bond acceptors (Lipinski definition) is 4. The molecule has 0 spiro atoms. The molecule has 0 bridgehead atoms. The molecular weight excluding hydrogens is 502 g/mol. The summed E-state index contributed by atoms with van der Waals surface area (Å²) in [6.45, 7) is -0.123. The van der Waals surface area contributed by atoms with E-state index in [1.807, 2.05) is 0 Å². The van der Waals surface area contributed by atoms with Gasteiger partial charge in [-0.3, -0.25) is 4.79 Å². The van der Waals surface area contributed by atoms with Crippen LogP contribution in [0.2, 0.25) is 10.0 Å². The fourth-order valence-corrected chi connectivity index (χ4v) is 4.00. The van der Waals surface area contributed by atoms with Crippen LogP contribution < -0.4 is 10.2 Å². The summed E-state index contributed by atoms with van der Waals surface area (Å²) in [4.78, 5) is 13.2. The molecule has 0 fully saturated rings. The number of amides is 1. The molecule has 0 aliphatic heterocycles. The Kier molecular flexibility index (Phi) is 8.00. The lowest BCUT2D eigenvalue weighted by Gasteiger charge is -2.27. The molecule has 0 unspecified atom stereocenters. The van der Waals surface area contributed by atoms with Crippen molar-refractivity contribution in [3.8, 4) is 5.75 Å². The molecule has 182 valence electrons. The zero-order valence-electron chi connectivity index (χ0n) is 18.9. The van der Waals surface area contributed by atoms with Crippen molar-refractivity contribution in [1.82, 2.24) is 5.43 Å². The van der Waals surface area contributed by atoms with Crippen molar-refractivity contribution in [2.24, 2.45) is 5.10 Å². The molecule has 5 nitrogen and oxygen atoms in total. The van der Waals surface area contributed by atoms with Crippen LogP contribution in [0.3, 0.4) is 0 Å². The molecule has 0 saturated heterocycles. The Balaban J connectivity index is 1.56. The van der Waals surface area contributed by atoms with E-state index in [0.29, 0.717) is 27.5 Å². The van der Waals surface area contributed by atoms with Crippen molar-refractivity contribution in [3.05, 3.63) is 135 Å². The van der Waals surface area contributed by atoms with E-state index in [2.05, 4.69) is 10.5 Å². The van der Waals surface area contributed by atoms with Gasteiger partial charge in [0.1, 0.15) is 18.2 Å². The Hall–Kier alpha value is -3.71. The summed E-state index contributed by atoms with van der Waals surface area (Å²) in [5.41, 5.74) is 1.84. The summed E-state index contributed by atoms with van der Waals surface area (Å²) in [5.74, 6) is -0.892. The van der Waals surface area contributed by atoms with Crippen LogP contribution in [0.5, 0.6) is 5.75 Å². The van der Waals surface area contributed by atoms with Gasteiger partial charge in [0.15, 0.2) is 5.60 Å². The molecule has 0 saturated carbocycles. The lowest BCUT2D eigenvalue weighted by Crippen LogP contribution is -2.43. The molecule has 4 aromatic carbocycles. The molecule has 36 heavy (non-hydrogen) atoms. The Labute approximate surface area is 217 Å². The predicted molar refractivity (Wildman–Crippen MR) is 139 cm³/mol. The van der Waals surface area contributed by atoms with Crippen LogP contribution >= 0.6 is 23.2 Å². The van der Waals surface area contributed by atoms with E-state index in [-0.39, 0.29) is 17.2 Å². The molecule has 0 aromatic heterocycles. The van der Waals surface area contributed by atoms with Gasteiger partial charge in [-0.1, -0.05) is 89.9 Å². The zero-order valence-corrected chi connectivity index (χ0v) is 20.4. The second kappa shape index (κ2) is 11.4. The molecule has 4 rings (SSSR count). The lowest BCUT2D eigenvalue weighted by atomic mass is 9.85. The van der Waals surface area contributed by atoms with Gasteiger partial charge in [-0.25, -0.2) is 9.82 Å². The van der Waals surface area contributed by atoms with Crippen LogP contribution in [-0.4, -0.2) is 17.2 Å². The lowest BCUT2D eigenvalue weighted by molar-refractivity contribution is -0.136. The number of aliphatic hydroxyl groups is 1. The van der Waals surface area contributed by atoms with E-state index in [1.54, 1.807) is 84.9 Å². The molecule has 1 amide bonds. The summed E-state index contributed by atoms with van der Waals surface area (Å²) in [5, 5.41) is 16.2. The number of nitrogens with one attached hydrogen (secondary N) is 1. The average Bonchev–Trinajstić information content (AvgIpc) is 2.90. The van der Waals surface area contributed by atoms with E-state index < -0.39 is 17.3 Å². The van der Waals surface area contributed by atoms with Crippen LogP contribution in [0.25, 0.3) is 0 Å². The maximum atomic E-state index is 14.1. The van der Waals surface area contributed by atoms with Crippen molar-refractivity contribution in [2.45, 2.75) is 12.2 Å². The predicted octanol–water partition coefficient (Wildman–Crippen LogP) is 6.10. The number of rotatable bonds is 8. The number of hydrogen-bond donors (Lipinski definition) is 2. The summed E-state index contributed by atoms with van der Waals surface area (Å²) in [7, 11) is 0. The third kappa shape index (κ3) is 5.57. The minimum Gasteiger partial charge on any atom is -0.488 e. The van der Waals surface area contributed by atoms with Crippen molar-refractivity contribution >= 4 is 35.3 Å². The standard InChI is InChI=1S/C28H21Cl2FN2O3/c29-22-14-15-26(36-18-23-24(30)12-7-13-25(23)31)19(16-22)17-32-33-27(34)28(35,20-8-3-1-4-9-20)21-10-5-2-6-11-21/h1-17,35H,18H2,(H,33,34)/b32-17+. The highest BCUT2D eigenvalue weighted by molar-refractivity contribution is 6.31. The first-order valence-electron chi connectivity index (χ1n) is 10.9. The van der Waals surface area contributed by atoms with E-state index in [0.717, 1.165) is 0 Å². The summed E-state index contributed by atoms with van der Waals surface area (Å²) < 4.78 is 19.9. The number of ether oxygens (including phenoxy) is 1. The molecule has 0 radical (unpaired) electrons. The number of hydrazone groups is 1. The fourth-order valence-electron chi connectivity index (χ4n) is 3.60. The highest BCUT2D eigenvalue weighted by atomic mass is 35.5. The molecule has 2 N–H and O–H groups in total. The molecular formula is C28H21Cl2FN2O3. The summed E-state index contributed by atoms with van der Waals surface area (Å²) in [6, 6.07) is 26.3. The number of benzene rings is 4. The van der Waals surface area contributed by atoms with Crippen LogP contribution in [0.1, 0.15) is 22.3 Å². The topological polar surface area (TPSA) is 70.9 Å². The number of carbonyl (C=O) groups is 1. The quantitative estimate of drug-likeness (QED) is 0.217. The zero-order chi connectivity index (χ0) is 25.5. The smallest absolute Gasteiger partial charge is 0.281 e. The minimum absolute atomic E-state index is 0.123. The monoisotopic (exact) mass is 522 g/mol. The molecule has 0 heterocycles. The van der Waals surface area contributed by atoms with Crippen molar-refractivity contribution < 1.29 is 19.0 Å². The largest absolute Gasteiger partial charge is 0.488 e. The Bertz CT molecular complexity index is 1320. The van der Waals surface area contributed by atoms with Gasteiger partial charge in [-0.2, -0.15) is 5.10 Å². The van der Waals surface area contributed by atoms with Crippen molar-refractivity contribution in [1.29, 1.82) is 0 Å². The molecule has 0 aliphatic carbocycles. The number of carbonyl (C=O) groups excluding carboxylic acids is 1. The number of nitrogens with zero attached hydrogens (tertiary/aromatic N) is 1. The third-order valence-corrected chi connectivity index (χ3v) is 6.08. The first-order chi connectivity index (χ1) is 17.4. The highest BCUT2D eigenvalue weighted by Crippen LogP contribution is 2.30. The SMILES string of the molecule is O=C(N/N=C/c1cc(Cl)ccc1OCc1c(F)cccc1Cl)C(O)(c1ccccc1)c1ccccc1. The summed E-state index contributed by atoms with van der Waals surface area (Å²) >= 11 is 12.2. The average molecular weight is 523 g/mol. The van der Waals surface area contributed by atoms with Gasteiger partial charge in [-0.15, -0.1) is 0 Å². The minimum atomic E-state index is -1.98. The fraction of sp³-hybridized carbons (Fsp3) is 0.0714.